The summed E-state index contributed by atoms with van der Waals surface area (Å²) >= 11 is 0.477. The van der Waals surface area contributed by atoms with E-state index in [9.17, 15) is 0 Å². The van der Waals surface area contributed by atoms with Gasteiger partial charge in [-0.25, -0.2) is 0 Å². The van der Waals surface area contributed by atoms with Crippen molar-refractivity contribution in [2.75, 3.05) is 4.43 Å². The van der Waals surface area contributed by atoms with Crippen LogP contribution in [0.4, 0.5) is 0 Å². The van der Waals surface area contributed by atoms with Crippen LogP contribution in [-0.4, -0.2) is 8.35 Å². The van der Waals surface area contributed by atoms with Gasteiger partial charge in [0, 0.05) is 0 Å². The summed E-state index contributed by atoms with van der Waals surface area (Å²) in [5.74, 6) is 1.01. The summed E-state index contributed by atoms with van der Waals surface area (Å²) in [6.45, 7) is 10.4. The van der Waals surface area contributed by atoms with E-state index >= 15 is 0 Å². The van der Waals surface area contributed by atoms with Crippen molar-refractivity contribution in [3.63, 3.8) is 0 Å². The molecule has 4 rings (SSSR count). The molecule has 3 saturated carbocycles. The zero-order valence-electron chi connectivity index (χ0n) is 20.3. The van der Waals surface area contributed by atoms with Crippen molar-refractivity contribution in [3.8, 4) is 0 Å². The number of hydrogen-bond acceptors (Lipinski definition) is 0. The van der Waals surface area contributed by atoms with Gasteiger partial charge in [0.15, 0.2) is 0 Å². The molecule has 0 aromatic heterocycles. The van der Waals surface area contributed by atoms with E-state index in [4.69, 9.17) is 0 Å². The van der Waals surface area contributed by atoms with Gasteiger partial charge in [-0.1, -0.05) is 0 Å². The molecule has 1 aliphatic heterocycles. The van der Waals surface area contributed by atoms with Crippen LogP contribution in [0.1, 0.15) is 137 Å². The summed E-state index contributed by atoms with van der Waals surface area (Å²) in [6, 6.07) is 0. The SMILES string of the molecule is CC[C@@]1(C)CCCC2(CCC(C)(C[C@H](C)C3CC4(CCCC4)CC[I-]3)CC2)CC1. The van der Waals surface area contributed by atoms with Gasteiger partial charge in [0.2, 0.25) is 0 Å². The van der Waals surface area contributed by atoms with Crippen molar-refractivity contribution < 1.29 is 21.2 Å². The summed E-state index contributed by atoms with van der Waals surface area (Å²) in [5, 5.41) is 0. The quantitative estimate of drug-likeness (QED) is 0.331. The van der Waals surface area contributed by atoms with Gasteiger partial charge in [-0.15, -0.1) is 0 Å². The molecule has 0 aromatic carbocycles. The second kappa shape index (κ2) is 8.93. The molecule has 3 atom stereocenters. The normalized spacial score (nSPS) is 44.3. The summed E-state index contributed by atoms with van der Waals surface area (Å²) < 4.78 is 2.79. The Bertz CT molecular complexity index is 537. The fraction of sp³-hybridized carbons (Fsp3) is 1.00. The molecule has 0 amide bonds. The van der Waals surface area contributed by atoms with E-state index in [1.54, 1.807) is 62.2 Å². The fourth-order valence-electron chi connectivity index (χ4n) is 7.95. The molecule has 0 radical (unpaired) electrons. The molecule has 3 aliphatic carbocycles. The molecular formula is C28H50I-. The molecule has 4 aliphatic rings. The van der Waals surface area contributed by atoms with Crippen LogP contribution >= 0.6 is 0 Å². The van der Waals surface area contributed by atoms with Crippen molar-refractivity contribution in [2.45, 2.75) is 141 Å². The summed E-state index contributed by atoms with van der Waals surface area (Å²) in [7, 11) is 0. The number of alkyl halides is 2. The molecule has 2 spiro atoms. The van der Waals surface area contributed by atoms with Crippen LogP contribution in [0.2, 0.25) is 0 Å². The van der Waals surface area contributed by atoms with Crippen LogP contribution in [0.3, 0.4) is 0 Å². The van der Waals surface area contributed by atoms with Crippen molar-refractivity contribution in [1.82, 2.24) is 0 Å². The summed E-state index contributed by atoms with van der Waals surface area (Å²) in [4.78, 5) is 0. The molecule has 1 unspecified atom stereocenters. The van der Waals surface area contributed by atoms with Crippen LogP contribution in [0.15, 0.2) is 0 Å². The van der Waals surface area contributed by atoms with E-state index in [1.807, 2.05) is 0 Å². The van der Waals surface area contributed by atoms with Gasteiger partial charge >= 0.3 is 194 Å². The summed E-state index contributed by atoms with van der Waals surface area (Å²) in [6.07, 6.45) is 26.2. The third-order valence-electron chi connectivity index (χ3n) is 10.8. The first-order chi connectivity index (χ1) is 13.8. The van der Waals surface area contributed by atoms with E-state index in [1.165, 1.54) is 51.4 Å². The van der Waals surface area contributed by atoms with Crippen LogP contribution < -0.4 is 21.2 Å². The molecule has 0 bridgehead atoms. The van der Waals surface area contributed by atoms with Crippen LogP contribution in [-0.2, 0) is 0 Å². The van der Waals surface area contributed by atoms with Gasteiger partial charge in [-0.3, -0.25) is 0 Å². The van der Waals surface area contributed by atoms with Crippen molar-refractivity contribution in [1.29, 1.82) is 0 Å². The molecule has 0 aromatic rings. The van der Waals surface area contributed by atoms with Crippen molar-refractivity contribution >= 4 is 0 Å². The zero-order valence-corrected chi connectivity index (χ0v) is 22.4. The molecular weight excluding hydrogens is 463 g/mol. The maximum atomic E-state index is 2.69. The average molecular weight is 514 g/mol. The van der Waals surface area contributed by atoms with E-state index in [2.05, 4.69) is 27.7 Å². The fourth-order valence-corrected chi connectivity index (χ4v) is 12.6. The Hall–Kier alpha value is 0.730. The third kappa shape index (κ3) is 5.22. The predicted molar refractivity (Wildman–Crippen MR) is 123 cm³/mol. The molecule has 4 fully saturated rings. The summed E-state index contributed by atoms with van der Waals surface area (Å²) in [5.41, 5.74) is 2.87. The molecule has 29 heavy (non-hydrogen) atoms. The number of rotatable bonds is 4. The molecule has 1 saturated heterocycles. The molecule has 0 nitrogen and oxygen atoms in total. The van der Waals surface area contributed by atoms with Crippen LogP contribution in [0, 0.1) is 27.6 Å². The molecule has 1 heteroatoms. The third-order valence-corrected chi connectivity index (χ3v) is 14.7. The second-order valence-electron chi connectivity index (χ2n) is 13.0. The second-order valence-corrected chi connectivity index (χ2v) is 16.6. The first-order valence-corrected chi connectivity index (χ1v) is 16.1. The van der Waals surface area contributed by atoms with Crippen LogP contribution in [0.25, 0.3) is 0 Å². The first-order valence-electron chi connectivity index (χ1n) is 13.4. The van der Waals surface area contributed by atoms with Gasteiger partial charge in [0.25, 0.3) is 0 Å². The topological polar surface area (TPSA) is 0 Å². The van der Waals surface area contributed by atoms with Gasteiger partial charge in [0.05, 0.1) is 0 Å². The molecule has 0 N–H and O–H groups in total. The maximum absolute atomic E-state index is 2.69. The Morgan fingerprint density at radius 1 is 0.724 bits per heavy atom. The number of halogens is 1. The standard InChI is InChI=1S/C28H50I/c1-5-25(3)9-8-12-27(16-13-25)17-14-26(4,15-18-27)21-23(2)24-22-28(19-20-29-24)10-6-7-11-28/h23-24H,5-22H2,1-4H3/q-1/t23-,24?,25-,26?,27?/m0/s1. The van der Waals surface area contributed by atoms with Crippen molar-refractivity contribution in [2.24, 2.45) is 27.6 Å². The zero-order chi connectivity index (χ0) is 20.6. The molecule has 1 heterocycles. The molecule has 170 valence electrons. The predicted octanol–water partition coefficient (Wildman–Crippen LogP) is 5.77. The minimum absolute atomic E-state index is 0.477. The Morgan fingerprint density at radius 3 is 2.00 bits per heavy atom. The van der Waals surface area contributed by atoms with Gasteiger partial charge < -0.3 is 0 Å². The Labute approximate surface area is 193 Å². The van der Waals surface area contributed by atoms with E-state index in [0.717, 1.165) is 20.7 Å². The van der Waals surface area contributed by atoms with E-state index < -0.39 is 0 Å². The minimum atomic E-state index is 0.477. The first kappa shape index (κ1) is 22.9. The van der Waals surface area contributed by atoms with Gasteiger partial charge in [-0.05, 0) is 0 Å². The Morgan fingerprint density at radius 2 is 1.34 bits per heavy atom. The van der Waals surface area contributed by atoms with Crippen molar-refractivity contribution in [3.05, 3.63) is 0 Å². The number of hydrogen-bond donors (Lipinski definition) is 0. The monoisotopic (exact) mass is 513 g/mol. The Kier molecular flexibility index (Phi) is 7.06. The average Bonchev–Trinajstić information content (AvgIpc) is 3.08. The Balaban J connectivity index is 1.31. The van der Waals surface area contributed by atoms with E-state index in [-0.39, 0.29) is 0 Å². The van der Waals surface area contributed by atoms with E-state index in [0.29, 0.717) is 32.0 Å². The van der Waals surface area contributed by atoms with Crippen LogP contribution in [0.5, 0.6) is 0 Å². The van der Waals surface area contributed by atoms with Gasteiger partial charge in [-0.2, -0.15) is 0 Å². The van der Waals surface area contributed by atoms with Gasteiger partial charge in [0.1, 0.15) is 0 Å².